The Bertz CT molecular complexity index is 175. The van der Waals surface area contributed by atoms with Gasteiger partial charge in [0.25, 0.3) is 0 Å². The lowest BCUT2D eigenvalue weighted by atomic mass is 10.0. The fourth-order valence-electron chi connectivity index (χ4n) is 0.691. The van der Waals surface area contributed by atoms with E-state index < -0.39 is 36.5 Å². The second kappa shape index (κ2) is 5.59. The van der Waals surface area contributed by atoms with Crippen LogP contribution in [0, 0.1) is 0 Å². The number of aliphatic hydroxyl groups is 5. The molecule has 7 heteroatoms. The molecule has 0 saturated heterocycles. The molecule has 0 bridgehead atoms. The molecule has 0 rings (SSSR count). The Labute approximate surface area is 77.0 Å². The van der Waals surface area contributed by atoms with Crippen LogP contribution in [0.3, 0.4) is 0 Å². The van der Waals surface area contributed by atoms with Gasteiger partial charge in [-0.25, -0.2) is 0 Å². The maximum absolute atomic E-state index is 10.5. The monoisotopic (exact) mass is 212 g/mol. The highest BCUT2D eigenvalue weighted by Gasteiger charge is 2.32. The van der Waals surface area contributed by atoms with E-state index in [1.807, 2.05) is 0 Å². The summed E-state index contributed by atoms with van der Waals surface area (Å²) in [6, 6.07) is 0. The van der Waals surface area contributed by atoms with Crippen molar-refractivity contribution in [2.75, 3.05) is 6.61 Å². The van der Waals surface area contributed by atoms with Crippen molar-refractivity contribution in [3.8, 4) is 0 Å². The van der Waals surface area contributed by atoms with Crippen molar-refractivity contribution in [1.82, 2.24) is 0 Å². The van der Waals surface area contributed by atoms with Crippen LogP contribution in [-0.4, -0.2) is 62.1 Å². The third kappa shape index (κ3) is 3.64. The van der Waals surface area contributed by atoms with Gasteiger partial charge in [0.05, 0.1) is 6.61 Å². The summed E-state index contributed by atoms with van der Waals surface area (Å²) in [5.41, 5.74) is -0.809. The molecule has 0 aliphatic rings. The number of hydrogen-bond donors (Lipinski definition) is 5. The van der Waals surface area contributed by atoms with Gasteiger partial charge in [-0.1, -0.05) is 9.24 Å². The first kappa shape index (κ1) is 12.9. The Morgan fingerprint density at radius 2 is 1.62 bits per heavy atom. The molecule has 0 aromatic heterocycles. The van der Waals surface area contributed by atoms with Crippen LogP contribution in [0.2, 0.25) is 0 Å². The van der Waals surface area contributed by atoms with Crippen LogP contribution in [0.4, 0.5) is 0 Å². The minimum absolute atomic E-state index is 0.768. The van der Waals surface area contributed by atoms with E-state index in [0.717, 1.165) is 0 Å². The number of hydrogen-bond acceptors (Lipinski definition) is 6. The first-order valence-corrected chi connectivity index (χ1v) is 4.12. The van der Waals surface area contributed by atoms with Gasteiger partial charge in [0.15, 0.2) is 5.52 Å². The normalized spacial score (nSPS) is 20.5. The van der Waals surface area contributed by atoms with Crippen LogP contribution in [0.15, 0.2) is 0 Å². The van der Waals surface area contributed by atoms with Crippen molar-refractivity contribution in [2.24, 2.45) is 0 Å². The summed E-state index contributed by atoms with van der Waals surface area (Å²) in [6.07, 6.45) is -6.95. The van der Waals surface area contributed by atoms with Crippen LogP contribution in [-0.2, 0) is 4.79 Å². The highest BCUT2D eigenvalue weighted by Crippen LogP contribution is 2.08. The van der Waals surface area contributed by atoms with Gasteiger partial charge in [-0.2, -0.15) is 0 Å². The Morgan fingerprint density at radius 1 is 1.15 bits per heavy atom. The van der Waals surface area contributed by atoms with Crippen LogP contribution >= 0.6 is 9.24 Å². The summed E-state index contributed by atoms with van der Waals surface area (Å²) in [4.78, 5) is 10.5. The third-order valence-electron chi connectivity index (χ3n) is 1.55. The largest absolute Gasteiger partial charge is 0.394 e. The molecule has 0 aromatic carbocycles. The Kier molecular flexibility index (Phi) is 5.55. The second-order valence-corrected chi connectivity index (χ2v) is 3.15. The lowest BCUT2D eigenvalue weighted by Crippen LogP contribution is -2.47. The number of carbonyl (C=O) groups excluding carboxylic acids is 1. The average Bonchev–Trinajstić information content (AvgIpc) is 2.12. The number of rotatable bonds is 5. The fourth-order valence-corrected chi connectivity index (χ4v) is 0.888. The van der Waals surface area contributed by atoms with Crippen molar-refractivity contribution in [2.45, 2.75) is 24.4 Å². The Balaban J connectivity index is 4.24. The van der Waals surface area contributed by atoms with E-state index in [1.54, 1.807) is 9.24 Å². The average molecular weight is 212 g/mol. The molecule has 0 aliphatic carbocycles. The second-order valence-electron chi connectivity index (χ2n) is 2.58. The molecule has 5 N–H and O–H groups in total. The maximum Gasteiger partial charge on any atom is 0.179 e. The molecule has 78 valence electrons. The summed E-state index contributed by atoms with van der Waals surface area (Å²) in [5.74, 6) is 0. The van der Waals surface area contributed by atoms with Crippen molar-refractivity contribution >= 4 is 14.8 Å². The summed E-state index contributed by atoms with van der Waals surface area (Å²) in [5, 5.41) is 44.2. The van der Waals surface area contributed by atoms with Crippen LogP contribution in [0.25, 0.3) is 0 Å². The van der Waals surface area contributed by atoms with Gasteiger partial charge in [-0.05, 0) is 0 Å². The van der Waals surface area contributed by atoms with Gasteiger partial charge in [0.1, 0.15) is 24.4 Å². The molecule has 13 heavy (non-hydrogen) atoms. The molecular formula is C6H13O6P. The summed E-state index contributed by atoms with van der Waals surface area (Å²) >= 11 is 0. The highest BCUT2D eigenvalue weighted by atomic mass is 31.0. The summed E-state index contributed by atoms with van der Waals surface area (Å²) in [7, 11) is 1.63. The van der Waals surface area contributed by atoms with Crippen molar-refractivity contribution in [1.29, 1.82) is 0 Å². The number of carbonyl (C=O) groups is 1. The Morgan fingerprint density at radius 3 is 1.92 bits per heavy atom. The molecule has 0 aromatic rings. The van der Waals surface area contributed by atoms with Gasteiger partial charge in [-0.15, -0.1) is 0 Å². The maximum atomic E-state index is 10.5. The molecule has 5 atom stereocenters. The standard InChI is InChI=1S/C6H13O6P/c7-1-2(8)3(9)4(10)5(11)6(12)13/h2-5,7-11H,1,13H2/t2-,3-,4+,5+/m1/s1. The zero-order chi connectivity index (χ0) is 10.6. The molecule has 0 spiro atoms. The van der Waals surface area contributed by atoms with E-state index in [0.29, 0.717) is 0 Å². The van der Waals surface area contributed by atoms with E-state index >= 15 is 0 Å². The third-order valence-corrected chi connectivity index (χ3v) is 1.89. The van der Waals surface area contributed by atoms with E-state index in [1.165, 1.54) is 0 Å². The predicted molar refractivity (Wildman–Crippen MR) is 45.8 cm³/mol. The molecule has 1 unspecified atom stereocenters. The topological polar surface area (TPSA) is 118 Å². The molecule has 0 aliphatic heterocycles. The van der Waals surface area contributed by atoms with E-state index in [4.69, 9.17) is 25.5 Å². The van der Waals surface area contributed by atoms with Gasteiger partial charge in [-0.3, -0.25) is 4.79 Å². The molecular weight excluding hydrogens is 199 g/mol. The van der Waals surface area contributed by atoms with Gasteiger partial charge >= 0.3 is 0 Å². The van der Waals surface area contributed by atoms with Gasteiger partial charge < -0.3 is 25.5 Å². The SMILES string of the molecule is O=C(P)[C@@H](O)[C@@H](O)[C@H](O)[C@H](O)CO. The van der Waals surface area contributed by atoms with Crippen molar-refractivity contribution < 1.29 is 30.3 Å². The zero-order valence-electron chi connectivity index (χ0n) is 6.74. The number of aliphatic hydroxyl groups excluding tert-OH is 5. The quantitative estimate of drug-likeness (QED) is 0.307. The van der Waals surface area contributed by atoms with Crippen LogP contribution in [0.5, 0.6) is 0 Å². The lowest BCUT2D eigenvalue weighted by Gasteiger charge is -2.23. The molecule has 0 radical (unpaired) electrons. The lowest BCUT2D eigenvalue weighted by molar-refractivity contribution is -0.139. The van der Waals surface area contributed by atoms with Crippen molar-refractivity contribution in [3.05, 3.63) is 0 Å². The molecule has 0 fully saturated rings. The molecule has 6 nitrogen and oxygen atoms in total. The molecule has 0 heterocycles. The Hall–Kier alpha value is -0.100. The molecule has 0 saturated carbocycles. The summed E-state index contributed by atoms with van der Waals surface area (Å²) < 4.78 is 0. The fraction of sp³-hybridized carbons (Fsp3) is 0.833. The molecule has 0 amide bonds. The predicted octanol–water partition coefficient (Wildman–Crippen LogP) is -3.18. The first-order valence-electron chi connectivity index (χ1n) is 3.54. The van der Waals surface area contributed by atoms with Crippen LogP contribution < -0.4 is 0 Å². The zero-order valence-corrected chi connectivity index (χ0v) is 7.89. The smallest absolute Gasteiger partial charge is 0.179 e. The highest BCUT2D eigenvalue weighted by molar-refractivity contribution is 7.40. The minimum Gasteiger partial charge on any atom is -0.394 e. The van der Waals surface area contributed by atoms with Gasteiger partial charge in [0, 0.05) is 0 Å². The van der Waals surface area contributed by atoms with E-state index in [-0.39, 0.29) is 0 Å². The van der Waals surface area contributed by atoms with E-state index in [2.05, 4.69) is 0 Å². The van der Waals surface area contributed by atoms with E-state index in [9.17, 15) is 4.79 Å². The van der Waals surface area contributed by atoms with Crippen LogP contribution in [0.1, 0.15) is 0 Å². The summed E-state index contributed by atoms with van der Waals surface area (Å²) in [6.45, 7) is -0.768. The minimum atomic E-state index is -1.81. The van der Waals surface area contributed by atoms with Crippen molar-refractivity contribution in [3.63, 3.8) is 0 Å². The first-order chi connectivity index (χ1) is 5.91. The van der Waals surface area contributed by atoms with Gasteiger partial charge in [0.2, 0.25) is 0 Å².